The third kappa shape index (κ3) is 3.56. The van der Waals surface area contributed by atoms with E-state index in [1.807, 2.05) is 0 Å². The van der Waals surface area contributed by atoms with Crippen LogP contribution in [0.5, 0.6) is 0 Å². The summed E-state index contributed by atoms with van der Waals surface area (Å²) in [6.07, 6.45) is 2.67. The molecule has 2 aromatic rings. The number of aromatic nitrogens is 3. The van der Waals surface area contributed by atoms with E-state index in [9.17, 15) is 4.79 Å². The molecule has 20 heavy (non-hydrogen) atoms. The van der Waals surface area contributed by atoms with Crippen molar-refractivity contribution in [3.05, 3.63) is 38.2 Å². The van der Waals surface area contributed by atoms with Crippen LogP contribution in [0.4, 0.5) is 0 Å². The molecule has 0 aromatic carbocycles. The monoisotopic (exact) mass is 293 g/mol. The third-order valence-electron chi connectivity index (χ3n) is 3.45. The van der Waals surface area contributed by atoms with Crippen LogP contribution >= 0.6 is 11.3 Å². The standard InChI is InChI=1S/C13H19N5OS/c19-13-15-12(16-17-13)7-14-6-11-5-10(9-20-11)8-18-3-1-2-4-18/h5,9,14H,1-4,6-8H2,(H2,15,16,17,19). The summed E-state index contributed by atoms with van der Waals surface area (Å²) in [5, 5.41) is 11.7. The van der Waals surface area contributed by atoms with E-state index in [4.69, 9.17) is 0 Å². The van der Waals surface area contributed by atoms with Gasteiger partial charge in [-0.2, -0.15) is 5.10 Å². The Morgan fingerprint density at radius 2 is 2.20 bits per heavy atom. The summed E-state index contributed by atoms with van der Waals surface area (Å²) in [5.41, 5.74) is 1.15. The fourth-order valence-electron chi connectivity index (χ4n) is 2.49. The first-order valence-electron chi connectivity index (χ1n) is 6.92. The van der Waals surface area contributed by atoms with Crippen molar-refractivity contribution in [1.29, 1.82) is 0 Å². The first-order chi connectivity index (χ1) is 9.79. The van der Waals surface area contributed by atoms with E-state index in [-0.39, 0.29) is 5.69 Å². The van der Waals surface area contributed by atoms with Crippen molar-refractivity contribution in [1.82, 2.24) is 25.4 Å². The summed E-state index contributed by atoms with van der Waals surface area (Å²) in [7, 11) is 0. The topological polar surface area (TPSA) is 76.8 Å². The van der Waals surface area contributed by atoms with E-state index in [1.165, 1.54) is 36.4 Å². The van der Waals surface area contributed by atoms with Crippen LogP contribution in [-0.2, 0) is 19.6 Å². The van der Waals surface area contributed by atoms with Crippen LogP contribution < -0.4 is 11.0 Å². The molecule has 108 valence electrons. The van der Waals surface area contributed by atoms with Gasteiger partial charge >= 0.3 is 5.69 Å². The molecule has 1 saturated heterocycles. The van der Waals surface area contributed by atoms with Crippen LogP contribution in [0.3, 0.4) is 0 Å². The smallest absolute Gasteiger partial charge is 0.305 e. The average Bonchev–Trinajstić information content (AvgIpc) is 3.14. The predicted octanol–water partition coefficient (Wildman–Crippen LogP) is 1.05. The van der Waals surface area contributed by atoms with Gasteiger partial charge in [0.2, 0.25) is 0 Å². The van der Waals surface area contributed by atoms with Crippen LogP contribution in [-0.4, -0.2) is 33.2 Å². The summed E-state index contributed by atoms with van der Waals surface area (Å²) < 4.78 is 0. The molecule has 1 aliphatic rings. The number of hydrogen-bond donors (Lipinski definition) is 3. The summed E-state index contributed by atoms with van der Waals surface area (Å²) in [6.45, 7) is 4.91. The molecular weight excluding hydrogens is 274 g/mol. The van der Waals surface area contributed by atoms with Gasteiger partial charge < -0.3 is 5.32 Å². The van der Waals surface area contributed by atoms with Crippen LogP contribution in [0.1, 0.15) is 29.1 Å². The molecule has 0 amide bonds. The Kier molecular flexibility index (Phi) is 4.29. The highest BCUT2D eigenvalue weighted by molar-refractivity contribution is 7.10. The zero-order valence-electron chi connectivity index (χ0n) is 11.3. The first-order valence-corrected chi connectivity index (χ1v) is 7.80. The highest BCUT2D eigenvalue weighted by atomic mass is 32.1. The average molecular weight is 293 g/mol. The molecule has 1 fully saturated rings. The fourth-order valence-corrected chi connectivity index (χ4v) is 3.34. The second-order valence-corrected chi connectivity index (χ2v) is 6.13. The van der Waals surface area contributed by atoms with Gasteiger partial charge in [-0.1, -0.05) is 0 Å². The number of aromatic amines is 2. The Morgan fingerprint density at radius 3 is 2.95 bits per heavy atom. The molecule has 0 saturated carbocycles. The van der Waals surface area contributed by atoms with Crippen molar-refractivity contribution in [3.63, 3.8) is 0 Å². The zero-order chi connectivity index (χ0) is 13.8. The Morgan fingerprint density at radius 1 is 1.35 bits per heavy atom. The number of hydrogen-bond acceptors (Lipinski definition) is 5. The van der Waals surface area contributed by atoms with Gasteiger partial charge in [0.25, 0.3) is 0 Å². The molecular formula is C13H19N5OS. The molecule has 0 spiro atoms. The molecule has 3 heterocycles. The van der Waals surface area contributed by atoms with Crippen molar-refractivity contribution >= 4 is 11.3 Å². The largest absolute Gasteiger partial charge is 0.340 e. The molecule has 2 aromatic heterocycles. The van der Waals surface area contributed by atoms with Crippen LogP contribution in [0.15, 0.2) is 16.2 Å². The normalized spacial score (nSPS) is 16.0. The third-order valence-corrected chi connectivity index (χ3v) is 4.44. The van der Waals surface area contributed by atoms with E-state index < -0.39 is 0 Å². The van der Waals surface area contributed by atoms with Crippen molar-refractivity contribution in [3.8, 4) is 0 Å². The fraction of sp³-hybridized carbons (Fsp3) is 0.538. The minimum Gasteiger partial charge on any atom is -0.305 e. The van der Waals surface area contributed by atoms with Crippen molar-refractivity contribution < 1.29 is 0 Å². The molecule has 0 aliphatic carbocycles. The number of H-pyrrole nitrogens is 2. The second kappa shape index (κ2) is 6.34. The number of thiophene rings is 1. The SMILES string of the molecule is O=c1[nH]nc(CNCc2cc(CN3CCCC3)cs2)[nH]1. The highest BCUT2D eigenvalue weighted by Gasteiger charge is 2.12. The Labute approximate surface area is 121 Å². The molecule has 7 heteroatoms. The van der Waals surface area contributed by atoms with Crippen LogP contribution in [0, 0.1) is 0 Å². The van der Waals surface area contributed by atoms with Gasteiger partial charge in [-0.15, -0.1) is 11.3 Å². The maximum absolute atomic E-state index is 10.9. The number of likely N-dealkylation sites (tertiary alicyclic amines) is 1. The van der Waals surface area contributed by atoms with Crippen molar-refractivity contribution in [2.45, 2.75) is 32.5 Å². The Balaban J connectivity index is 1.45. The summed E-state index contributed by atoms with van der Waals surface area (Å²) >= 11 is 1.78. The molecule has 3 N–H and O–H groups in total. The van der Waals surface area contributed by atoms with Gasteiger partial charge in [0.05, 0.1) is 6.54 Å². The van der Waals surface area contributed by atoms with Gasteiger partial charge in [0, 0.05) is 18.0 Å². The Bertz CT molecular complexity index is 596. The van der Waals surface area contributed by atoms with Gasteiger partial charge in [-0.25, -0.2) is 9.89 Å². The molecule has 6 nitrogen and oxygen atoms in total. The lowest BCUT2D eigenvalue weighted by Gasteiger charge is -2.12. The number of nitrogens with zero attached hydrogens (tertiary/aromatic N) is 2. The quantitative estimate of drug-likeness (QED) is 0.744. The molecule has 0 radical (unpaired) electrons. The highest BCUT2D eigenvalue weighted by Crippen LogP contribution is 2.18. The Hall–Kier alpha value is -1.44. The predicted molar refractivity (Wildman–Crippen MR) is 78.6 cm³/mol. The van der Waals surface area contributed by atoms with Crippen molar-refractivity contribution in [2.75, 3.05) is 13.1 Å². The summed E-state index contributed by atoms with van der Waals surface area (Å²) in [4.78, 5) is 17.3. The molecule has 3 rings (SSSR count). The summed E-state index contributed by atoms with van der Waals surface area (Å²) in [5.74, 6) is 0.642. The van der Waals surface area contributed by atoms with Crippen LogP contribution in [0.25, 0.3) is 0 Å². The number of nitrogens with one attached hydrogen (secondary N) is 3. The minimum atomic E-state index is -0.258. The lowest BCUT2D eigenvalue weighted by Crippen LogP contribution is -2.17. The van der Waals surface area contributed by atoms with Gasteiger partial charge in [-0.3, -0.25) is 9.88 Å². The van der Waals surface area contributed by atoms with Crippen molar-refractivity contribution in [2.24, 2.45) is 0 Å². The van der Waals surface area contributed by atoms with Crippen LogP contribution in [0.2, 0.25) is 0 Å². The molecule has 0 atom stereocenters. The molecule has 0 unspecified atom stereocenters. The minimum absolute atomic E-state index is 0.258. The lowest BCUT2D eigenvalue weighted by molar-refractivity contribution is 0.332. The van der Waals surface area contributed by atoms with Gasteiger partial charge in [0.1, 0.15) is 5.82 Å². The molecule has 1 aliphatic heterocycles. The molecule has 0 bridgehead atoms. The van der Waals surface area contributed by atoms with Gasteiger partial charge in [-0.05, 0) is 42.9 Å². The van der Waals surface area contributed by atoms with Gasteiger partial charge in [0.15, 0.2) is 0 Å². The van der Waals surface area contributed by atoms with E-state index in [2.05, 4.69) is 36.8 Å². The van der Waals surface area contributed by atoms with E-state index in [1.54, 1.807) is 11.3 Å². The van der Waals surface area contributed by atoms with E-state index in [0.29, 0.717) is 12.4 Å². The lowest BCUT2D eigenvalue weighted by atomic mass is 10.3. The maximum atomic E-state index is 10.9. The van der Waals surface area contributed by atoms with E-state index in [0.717, 1.165) is 13.1 Å². The maximum Gasteiger partial charge on any atom is 0.340 e. The summed E-state index contributed by atoms with van der Waals surface area (Å²) in [6, 6.07) is 2.27. The zero-order valence-corrected chi connectivity index (χ0v) is 12.1. The van der Waals surface area contributed by atoms with E-state index >= 15 is 0 Å². The first kappa shape index (κ1) is 13.5. The second-order valence-electron chi connectivity index (χ2n) is 5.13. The number of rotatable bonds is 6.